The SMILES string of the molecule is C[C@@H](OC(=O)c1cc2cc(Cl)ccc2o1)C(N)=O. The van der Waals surface area contributed by atoms with Crippen molar-refractivity contribution in [1.82, 2.24) is 0 Å². The molecule has 94 valence electrons. The average molecular weight is 268 g/mol. The van der Waals surface area contributed by atoms with Gasteiger partial charge in [-0.1, -0.05) is 11.6 Å². The number of ether oxygens (including phenoxy) is 1. The highest BCUT2D eigenvalue weighted by Gasteiger charge is 2.19. The summed E-state index contributed by atoms with van der Waals surface area (Å²) in [6.45, 7) is 1.39. The number of amides is 1. The van der Waals surface area contributed by atoms with E-state index in [-0.39, 0.29) is 5.76 Å². The van der Waals surface area contributed by atoms with Gasteiger partial charge in [0.15, 0.2) is 6.10 Å². The van der Waals surface area contributed by atoms with Crippen LogP contribution in [0.4, 0.5) is 0 Å². The molecule has 0 saturated carbocycles. The normalized spacial score (nSPS) is 12.3. The maximum absolute atomic E-state index is 11.7. The summed E-state index contributed by atoms with van der Waals surface area (Å²) in [5.41, 5.74) is 5.51. The van der Waals surface area contributed by atoms with Crippen molar-refractivity contribution in [3.8, 4) is 0 Å². The van der Waals surface area contributed by atoms with Gasteiger partial charge in [0.2, 0.25) is 5.76 Å². The number of hydrogen-bond acceptors (Lipinski definition) is 4. The van der Waals surface area contributed by atoms with E-state index in [9.17, 15) is 9.59 Å². The Morgan fingerprint density at radius 1 is 1.39 bits per heavy atom. The fraction of sp³-hybridized carbons (Fsp3) is 0.167. The third-order valence-electron chi connectivity index (χ3n) is 2.36. The zero-order valence-corrected chi connectivity index (χ0v) is 10.2. The largest absolute Gasteiger partial charge is 0.449 e. The van der Waals surface area contributed by atoms with Crippen molar-refractivity contribution in [2.75, 3.05) is 0 Å². The van der Waals surface area contributed by atoms with Gasteiger partial charge in [-0.2, -0.15) is 0 Å². The number of benzene rings is 1. The lowest BCUT2D eigenvalue weighted by atomic mass is 10.2. The summed E-state index contributed by atoms with van der Waals surface area (Å²) in [5, 5.41) is 1.22. The van der Waals surface area contributed by atoms with Gasteiger partial charge in [-0.05, 0) is 31.2 Å². The first-order chi connectivity index (χ1) is 8.47. The van der Waals surface area contributed by atoms with Crippen molar-refractivity contribution >= 4 is 34.4 Å². The fourth-order valence-corrected chi connectivity index (χ4v) is 1.57. The van der Waals surface area contributed by atoms with Crippen LogP contribution < -0.4 is 5.73 Å². The highest BCUT2D eigenvalue weighted by molar-refractivity contribution is 6.31. The van der Waals surface area contributed by atoms with Crippen LogP contribution in [0.2, 0.25) is 5.02 Å². The van der Waals surface area contributed by atoms with Crippen molar-refractivity contribution in [3.63, 3.8) is 0 Å². The second-order valence-electron chi connectivity index (χ2n) is 3.74. The van der Waals surface area contributed by atoms with Crippen LogP contribution in [0.3, 0.4) is 0 Å². The number of furan rings is 1. The van der Waals surface area contributed by atoms with Crippen LogP contribution in [-0.2, 0) is 9.53 Å². The highest BCUT2D eigenvalue weighted by atomic mass is 35.5. The molecule has 1 aromatic heterocycles. The molecule has 1 atom stereocenters. The Morgan fingerprint density at radius 2 is 2.11 bits per heavy atom. The average Bonchev–Trinajstić information content (AvgIpc) is 2.71. The molecule has 0 spiro atoms. The monoisotopic (exact) mass is 267 g/mol. The summed E-state index contributed by atoms with van der Waals surface area (Å²) in [6.07, 6.45) is -1.01. The Bertz CT molecular complexity index is 620. The summed E-state index contributed by atoms with van der Waals surface area (Å²) < 4.78 is 10.1. The summed E-state index contributed by atoms with van der Waals surface area (Å²) in [4.78, 5) is 22.4. The van der Waals surface area contributed by atoms with E-state index in [1.165, 1.54) is 13.0 Å². The molecule has 18 heavy (non-hydrogen) atoms. The van der Waals surface area contributed by atoms with Gasteiger partial charge in [0.1, 0.15) is 5.58 Å². The third kappa shape index (κ3) is 2.46. The zero-order chi connectivity index (χ0) is 13.3. The van der Waals surface area contributed by atoms with Crippen molar-refractivity contribution in [1.29, 1.82) is 0 Å². The van der Waals surface area contributed by atoms with Gasteiger partial charge in [-0.25, -0.2) is 4.79 Å². The lowest BCUT2D eigenvalue weighted by Gasteiger charge is -2.07. The third-order valence-corrected chi connectivity index (χ3v) is 2.60. The fourth-order valence-electron chi connectivity index (χ4n) is 1.39. The van der Waals surface area contributed by atoms with Gasteiger partial charge < -0.3 is 14.9 Å². The number of rotatable bonds is 3. The maximum Gasteiger partial charge on any atom is 0.375 e. The van der Waals surface area contributed by atoms with Crippen LogP contribution in [0.5, 0.6) is 0 Å². The van der Waals surface area contributed by atoms with Crippen molar-refractivity contribution in [2.24, 2.45) is 5.73 Å². The first-order valence-electron chi connectivity index (χ1n) is 5.17. The van der Waals surface area contributed by atoms with E-state index >= 15 is 0 Å². The second-order valence-corrected chi connectivity index (χ2v) is 4.18. The number of carbonyl (C=O) groups excluding carboxylic acids is 2. The Morgan fingerprint density at radius 3 is 2.78 bits per heavy atom. The molecule has 0 fully saturated rings. The first-order valence-corrected chi connectivity index (χ1v) is 5.54. The van der Waals surface area contributed by atoms with Crippen LogP contribution in [0.15, 0.2) is 28.7 Å². The number of nitrogens with two attached hydrogens (primary N) is 1. The predicted octanol–water partition coefficient (Wildman–Crippen LogP) is 2.12. The lowest BCUT2D eigenvalue weighted by molar-refractivity contribution is -0.125. The van der Waals surface area contributed by atoms with E-state index < -0.39 is 18.0 Å². The van der Waals surface area contributed by atoms with E-state index in [1.54, 1.807) is 18.2 Å². The molecule has 2 aromatic rings. The van der Waals surface area contributed by atoms with Crippen molar-refractivity contribution in [2.45, 2.75) is 13.0 Å². The Kier molecular flexibility index (Phi) is 3.25. The van der Waals surface area contributed by atoms with Crippen LogP contribution >= 0.6 is 11.6 Å². The van der Waals surface area contributed by atoms with Gasteiger partial charge in [-0.3, -0.25) is 4.79 Å². The molecule has 1 heterocycles. The molecule has 5 nitrogen and oxygen atoms in total. The van der Waals surface area contributed by atoms with E-state index in [0.717, 1.165) is 0 Å². The molecular formula is C12H10ClNO4. The molecule has 0 aliphatic rings. The number of halogens is 1. The number of primary amides is 1. The molecule has 0 aliphatic carbocycles. The van der Waals surface area contributed by atoms with Gasteiger partial charge in [0.25, 0.3) is 5.91 Å². The molecule has 1 amide bonds. The molecule has 0 bridgehead atoms. The summed E-state index contributed by atoms with van der Waals surface area (Å²) in [7, 11) is 0. The van der Waals surface area contributed by atoms with Crippen LogP contribution in [-0.4, -0.2) is 18.0 Å². The smallest absolute Gasteiger partial charge is 0.375 e. The minimum Gasteiger partial charge on any atom is -0.449 e. The molecule has 2 N–H and O–H groups in total. The second kappa shape index (κ2) is 4.70. The summed E-state index contributed by atoms with van der Waals surface area (Å²) >= 11 is 5.81. The van der Waals surface area contributed by atoms with Crippen LogP contribution in [0, 0.1) is 0 Å². The van der Waals surface area contributed by atoms with Gasteiger partial charge in [-0.15, -0.1) is 0 Å². The minimum absolute atomic E-state index is 0.000340. The number of esters is 1. The topological polar surface area (TPSA) is 82.5 Å². The summed E-state index contributed by atoms with van der Waals surface area (Å²) in [6, 6.07) is 6.45. The molecule has 6 heteroatoms. The van der Waals surface area contributed by atoms with Gasteiger partial charge in [0.05, 0.1) is 0 Å². The molecule has 0 unspecified atom stereocenters. The number of hydrogen-bond donors (Lipinski definition) is 1. The Hall–Kier alpha value is -2.01. The van der Waals surface area contributed by atoms with Crippen LogP contribution in [0.25, 0.3) is 11.0 Å². The maximum atomic E-state index is 11.7. The Balaban J connectivity index is 2.26. The molecule has 0 radical (unpaired) electrons. The van der Waals surface area contributed by atoms with Crippen LogP contribution in [0.1, 0.15) is 17.5 Å². The van der Waals surface area contributed by atoms with E-state index in [4.69, 9.17) is 26.5 Å². The quantitative estimate of drug-likeness (QED) is 0.864. The summed E-state index contributed by atoms with van der Waals surface area (Å²) in [5.74, 6) is -1.46. The zero-order valence-electron chi connectivity index (χ0n) is 9.48. The molecule has 2 rings (SSSR count). The predicted molar refractivity (Wildman–Crippen MR) is 65.3 cm³/mol. The molecule has 0 saturated heterocycles. The number of fused-ring (bicyclic) bond motifs is 1. The first kappa shape index (κ1) is 12.4. The minimum atomic E-state index is -1.01. The van der Waals surface area contributed by atoms with Crippen molar-refractivity contribution < 1.29 is 18.7 Å². The van der Waals surface area contributed by atoms with Gasteiger partial charge in [0, 0.05) is 10.4 Å². The molecule has 0 aliphatic heterocycles. The lowest BCUT2D eigenvalue weighted by Crippen LogP contribution is -2.30. The van der Waals surface area contributed by atoms with E-state index in [0.29, 0.717) is 16.0 Å². The standard InChI is InChI=1S/C12H10ClNO4/c1-6(11(14)15)17-12(16)10-5-7-4-8(13)2-3-9(7)18-10/h2-6H,1H3,(H2,14,15)/t6-/m1/s1. The van der Waals surface area contributed by atoms with Crippen molar-refractivity contribution in [3.05, 3.63) is 35.0 Å². The van der Waals surface area contributed by atoms with Gasteiger partial charge >= 0.3 is 5.97 Å². The number of carbonyl (C=O) groups is 2. The highest BCUT2D eigenvalue weighted by Crippen LogP contribution is 2.23. The molecule has 1 aromatic carbocycles. The van der Waals surface area contributed by atoms with E-state index in [2.05, 4.69) is 0 Å². The van der Waals surface area contributed by atoms with E-state index in [1.807, 2.05) is 0 Å². The Labute approximate surface area is 107 Å². The molecular weight excluding hydrogens is 258 g/mol.